The van der Waals surface area contributed by atoms with Crippen molar-refractivity contribution >= 4 is 21.8 Å². The van der Waals surface area contributed by atoms with Crippen molar-refractivity contribution < 1.29 is 31.5 Å². The quantitative estimate of drug-likeness (QED) is 0.680. The summed E-state index contributed by atoms with van der Waals surface area (Å²) < 4.78 is 70.5. The summed E-state index contributed by atoms with van der Waals surface area (Å²) >= 11 is 2.98. The van der Waals surface area contributed by atoms with Crippen LogP contribution in [0.1, 0.15) is 18.1 Å². The molecule has 2 aromatic carbocycles. The first-order valence-electron chi connectivity index (χ1n) is 7.33. The number of carbonyl (C=O) groups is 1. The zero-order valence-electron chi connectivity index (χ0n) is 13.3. The molecule has 9 heteroatoms. The van der Waals surface area contributed by atoms with Crippen molar-refractivity contribution in [1.82, 2.24) is 5.32 Å². The fraction of sp³-hybridized carbons (Fsp3) is 0.235. The lowest BCUT2D eigenvalue weighted by Gasteiger charge is -2.17. The predicted molar refractivity (Wildman–Crippen MR) is 87.4 cm³/mol. The van der Waals surface area contributed by atoms with E-state index in [1.54, 1.807) is 0 Å². The molecule has 0 aliphatic carbocycles. The summed E-state index contributed by atoms with van der Waals surface area (Å²) in [7, 11) is 0. The molecule has 0 radical (unpaired) electrons. The summed E-state index contributed by atoms with van der Waals surface area (Å²) in [5, 5.41) is 2.33. The number of hydrogen-bond donors (Lipinski definition) is 1. The maximum absolute atomic E-state index is 13.1. The zero-order valence-corrected chi connectivity index (χ0v) is 14.9. The summed E-state index contributed by atoms with van der Waals surface area (Å²) in [4.78, 5) is 12.0. The van der Waals surface area contributed by atoms with Crippen molar-refractivity contribution in [1.29, 1.82) is 0 Å². The molecule has 0 heterocycles. The summed E-state index contributed by atoms with van der Waals surface area (Å²) in [6.07, 6.45) is -5.69. The Morgan fingerprint density at radius 2 is 1.85 bits per heavy atom. The second kappa shape index (κ2) is 8.03. The molecule has 1 atom stereocenters. The SMILES string of the molecule is CC(Oc1ccc(F)c(F)c1)C(=O)NCc1ccc(Br)cc1C(F)(F)F. The van der Waals surface area contributed by atoms with Gasteiger partial charge in [-0.1, -0.05) is 22.0 Å². The van der Waals surface area contributed by atoms with E-state index in [2.05, 4.69) is 21.2 Å². The van der Waals surface area contributed by atoms with Gasteiger partial charge in [0.2, 0.25) is 0 Å². The first-order valence-corrected chi connectivity index (χ1v) is 8.12. The molecule has 0 spiro atoms. The fourth-order valence-electron chi connectivity index (χ4n) is 2.10. The summed E-state index contributed by atoms with van der Waals surface area (Å²) in [6.45, 7) is 0.968. The average molecular weight is 438 g/mol. The van der Waals surface area contributed by atoms with Crippen LogP contribution in [0.4, 0.5) is 22.0 Å². The van der Waals surface area contributed by atoms with Crippen molar-refractivity contribution in [2.24, 2.45) is 0 Å². The molecule has 140 valence electrons. The smallest absolute Gasteiger partial charge is 0.416 e. The van der Waals surface area contributed by atoms with Gasteiger partial charge in [-0.3, -0.25) is 4.79 Å². The summed E-state index contributed by atoms with van der Waals surface area (Å²) in [6, 6.07) is 6.34. The van der Waals surface area contributed by atoms with Gasteiger partial charge in [-0.05, 0) is 36.8 Å². The van der Waals surface area contributed by atoms with Crippen LogP contribution in [0, 0.1) is 11.6 Å². The first kappa shape index (κ1) is 20.2. The first-order chi connectivity index (χ1) is 12.1. The Balaban J connectivity index is 2.03. The number of benzene rings is 2. The number of hydrogen-bond acceptors (Lipinski definition) is 2. The normalized spacial score (nSPS) is 12.6. The van der Waals surface area contributed by atoms with Gasteiger partial charge < -0.3 is 10.1 Å². The molecular formula is C17H13BrF5NO2. The molecule has 0 bridgehead atoms. The zero-order chi connectivity index (χ0) is 19.5. The maximum atomic E-state index is 13.1. The Bertz CT molecular complexity index is 810. The molecule has 3 nitrogen and oxygen atoms in total. The van der Waals surface area contributed by atoms with Crippen LogP contribution in [-0.4, -0.2) is 12.0 Å². The molecule has 0 saturated heterocycles. The van der Waals surface area contributed by atoms with Crippen LogP contribution in [0.3, 0.4) is 0 Å². The van der Waals surface area contributed by atoms with E-state index in [0.717, 1.165) is 24.3 Å². The summed E-state index contributed by atoms with van der Waals surface area (Å²) in [5.41, 5.74) is -0.990. The standard InChI is InChI=1S/C17H13BrF5NO2/c1-9(26-12-4-5-14(19)15(20)7-12)16(25)24-8-10-2-3-11(18)6-13(10)17(21,22)23/h2-7,9H,8H2,1H3,(H,24,25). The molecule has 2 aromatic rings. The van der Waals surface area contributed by atoms with E-state index in [1.165, 1.54) is 19.1 Å². The van der Waals surface area contributed by atoms with Crippen LogP contribution in [0.15, 0.2) is 40.9 Å². The van der Waals surface area contributed by atoms with Crippen LogP contribution in [0.2, 0.25) is 0 Å². The minimum Gasteiger partial charge on any atom is -0.481 e. The Kier molecular flexibility index (Phi) is 6.22. The van der Waals surface area contributed by atoms with Crippen molar-refractivity contribution in [2.75, 3.05) is 0 Å². The number of carbonyl (C=O) groups excluding carboxylic acids is 1. The molecule has 0 saturated carbocycles. The monoisotopic (exact) mass is 437 g/mol. The van der Waals surface area contributed by atoms with E-state index in [0.29, 0.717) is 0 Å². The van der Waals surface area contributed by atoms with E-state index >= 15 is 0 Å². The highest BCUT2D eigenvalue weighted by Gasteiger charge is 2.33. The van der Waals surface area contributed by atoms with E-state index in [1.807, 2.05) is 0 Å². The predicted octanol–water partition coefficient (Wildman–Crippen LogP) is 4.83. The number of nitrogens with one attached hydrogen (secondary N) is 1. The molecule has 0 aliphatic rings. The molecular weight excluding hydrogens is 425 g/mol. The maximum Gasteiger partial charge on any atom is 0.416 e. The minimum atomic E-state index is -4.57. The Morgan fingerprint density at radius 1 is 1.15 bits per heavy atom. The molecule has 0 aromatic heterocycles. The molecule has 0 fully saturated rings. The van der Waals surface area contributed by atoms with Crippen molar-refractivity contribution in [3.05, 3.63) is 63.6 Å². The Morgan fingerprint density at radius 3 is 2.46 bits per heavy atom. The topological polar surface area (TPSA) is 38.3 Å². The number of ether oxygens (including phenoxy) is 1. The van der Waals surface area contributed by atoms with E-state index in [9.17, 15) is 26.7 Å². The van der Waals surface area contributed by atoms with Crippen LogP contribution in [-0.2, 0) is 17.5 Å². The van der Waals surface area contributed by atoms with Crippen LogP contribution >= 0.6 is 15.9 Å². The van der Waals surface area contributed by atoms with E-state index in [-0.39, 0.29) is 22.3 Å². The van der Waals surface area contributed by atoms with Gasteiger partial charge in [0, 0.05) is 17.1 Å². The van der Waals surface area contributed by atoms with Gasteiger partial charge in [0.25, 0.3) is 5.91 Å². The van der Waals surface area contributed by atoms with Gasteiger partial charge in [-0.2, -0.15) is 13.2 Å². The van der Waals surface area contributed by atoms with Gasteiger partial charge >= 0.3 is 6.18 Å². The molecule has 2 rings (SSSR count). The minimum absolute atomic E-state index is 0.0776. The number of alkyl halides is 3. The van der Waals surface area contributed by atoms with Gasteiger partial charge in [0.15, 0.2) is 17.7 Å². The second-order valence-corrected chi connectivity index (χ2v) is 6.27. The number of halogens is 6. The fourth-order valence-corrected chi connectivity index (χ4v) is 2.46. The van der Waals surface area contributed by atoms with Gasteiger partial charge in [-0.15, -0.1) is 0 Å². The highest BCUT2D eigenvalue weighted by atomic mass is 79.9. The highest BCUT2D eigenvalue weighted by molar-refractivity contribution is 9.10. The third kappa shape index (κ3) is 5.17. The van der Waals surface area contributed by atoms with Crippen LogP contribution in [0.25, 0.3) is 0 Å². The molecule has 1 unspecified atom stereocenters. The second-order valence-electron chi connectivity index (χ2n) is 5.35. The lowest BCUT2D eigenvalue weighted by Crippen LogP contribution is -2.36. The van der Waals surface area contributed by atoms with Crippen molar-refractivity contribution in [3.8, 4) is 5.75 Å². The van der Waals surface area contributed by atoms with Crippen molar-refractivity contribution in [3.63, 3.8) is 0 Å². The third-order valence-electron chi connectivity index (χ3n) is 3.40. The molecule has 1 N–H and O–H groups in total. The highest BCUT2D eigenvalue weighted by Crippen LogP contribution is 2.33. The van der Waals surface area contributed by atoms with E-state index in [4.69, 9.17) is 4.74 Å². The number of amides is 1. The Hall–Kier alpha value is -2.16. The number of rotatable bonds is 5. The summed E-state index contributed by atoms with van der Waals surface area (Å²) in [5.74, 6) is -2.99. The van der Waals surface area contributed by atoms with Gasteiger partial charge in [-0.25, -0.2) is 8.78 Å². The van der Waals surface area contributed by atoms with Gasteiger partial charge in [0.1, 0.15) is 5.75 Å². The van der Waals surface area contributed by atoms with Gasteiger partial charge in [0.05, 0.1) is 5.56 Å². The molecule has 26 heavy (non-hydrogen) atoms. The lowest BCUT2D eigenvalue weighted by atomic mass is 10.1. The average Bonchev–Trinajstić information content (AvgIpc) is 2.55. The van der Waals surface area contributed by atoms with Crippen LogP contribution in [0.5, 0.6) is 5.75 Å². The van der Waals surface area contributed by atoms with Crippen LogP contribution < -0.4 is 10.1 Å². The lowest BCUT2D eigenvalue weighted by molar-refractivity contribution is -0.138. The molecule has 1 amide bonds. The Labute approximate surface area is 154 Å². The largest absolute Gasteiger partial charge is 0.481 e. The third-order valence-corrected chi connectivity index (χ3v) is 3.90. The van der Waals surface area contributed by atoms with E-state index < -0.39 is 35.4 Å². The van der Waals surface area contributed by atoms with Crippen molar-refractivity contribution in [2.45, 2.75) is 25.7 Å². The molecule has 0 aliphatic heterocycles.